The Labute approximate surface area is 142 Å². The molecule has 0 aliphatic carbocycles. The van der Waals surface area contributed by atoms with E-state index in [0.29, 0.717) is 28.5 Å². The van der Waals surface area contributed by atoms with Gasteiger partial charge in [-0.25, -0.2) is 9.67 Å². The number of benzene rings is 2. The van der Waals surface area contributed by atoms with E-state index in [-0.39, 0.29) is 5.78 Å². The van der Waals surface area contributed by atoms with Crippen LogP contribution in [0.2, 0.25) is 5.02 Å². The first kappa shape index (κ1) is 14.7. The minimum absolute atomic E-state index is 0.168. The van der Waals surface area contributed by atoms with Crippen molar-refractivity contribution in [2.75, 3.05) is 0 Å². The van der Waals surface area contributed by atoms with E-state index in [4.69, 9.17) is 16.0 Å². The molecule has 24 heavy (non-hydrogen) atoms. The number of halogens is 1. The molecule has 118 valence electrons. The number of fused-ring (bicyclic) bond motifs is 1. The van der Waals surface area contributed by atoms with Crippen LogP contribution < -0.4 is 0 Å². The lowest BCUT2D eigenvalue weighted by Crippen LogP contribution is -2.07. The molecule has 0 saturated carbocycles. The van der Waals surface area contributed by atoms with Crippen LogP contribution in [0.5, 0.6) is 0 Å². The van der Waals surface area contributed by atoms with Gasteiger partial charge in [-0.3, -0.25) is 4.79 Å². The molecule has 5 nitrogen and oxygen atoms in total. The highest BCUT2D eigenvalue weighted by Gasteiger charge is 2.22. The zero-order chi connectivity index (χ0) is 16.5. The third-order valence-electron chi connectivity index (χ3n) is 3.78. The molecule has 2 heterocycles. The zero-order valence-electron chi connectivity index (χ0n) is 12.5. The molecule has 0 radical (unpaired) electrons. The van der Waals surface area contributed by atoms with Gasteiger partial charge in [-0.05, 0) is 18.2 Å². The largest absolute Gasteiger partial charge is 0.452 e. The molecule has 0 spiro atoms. The Morgan fingerprint density at radius 1 is 1.17 bits per heavy atom. The van der Waals surface area contributed by atoms with Gasteiger partial charge in [-0.15, -0.1) is 0 Å². The van der Waals surface area contributed by atoms with Gasteiger partial charge in [0.1, 0.15) is 18.2 Å². The summed E-state index contributed by atoms with van der Waals surface area (Å²) in [5.41, 5.74) is 1.93. The molecular formula is C18H12ClN3O2. The molecule has 0 atom stereocenters. The van der Waals surface area contributed by atoms with Gasteiger partial charge >= 0.3 is 0 Å². The van der Waals surface area contributed by atoms with Crippen LogP contribution in [0.4, 0.5) is 0 Å². The highest BCUT2D eigenvalue weighted by Crippen LogP contribution is 2.30. The lowest BCUT2D eigenvalue weighted by molar-refractivity contribution is 0.101. The first-order valence-corrected chi connectivity index (χ1v) is 7.73. The number of nitrogens with zero attached hydrogens (tertiary/aromatic N) is 3. The van der Waals surface area contributed by atoms with Crippen molar-refractivity contribution in [3.8, 4) is 0 Å². The predicted molar refractivity (Wildman–Crippen MR) is 90.2 cm³/mol. The number of rotatable bonds is 4. The van der Waals surface area contributed by atoms with Gasteiger partial charge in [0, 0.05) is 21.5 Å². The summed E-state index contributed by atoms with van der Waals surface area (Å²) in [6, 6.07) is 14.4. The Morgan fingerprint density at radius 2 is 2.00 bits per heavy atom. The fourth-order valence-corrected chi connectivity index (χ4v) is 2.83. The monoisotopic (exact) mass is 337 g/mol. The van der Waals surface area contributed by atoms with Crippen molar-refractivity contribution < 1.29 is 9.21 Å². The van der Waals surface area contributed by atoms with E-state index in [1.807, 2.05) is 18.2 Å². The average Bonchev–Trinajstić information content (AvgIpc) is 3.24. The standard InChI is InChI=1S/C18H12ClN3O2/c19-13-6-7-16-14(8-13)15(9-22-11-20-10-21-22)18(24-16)17(23)12-4-2-1-3-5-12/h1-8,10-11H,9H2. The number of carbonyl (C=O) groups is 1. The van der Waals surface area contributed by atoms with E-state index in [0.717, 1.165) is 10.9 Å². The third-order valence-corrected chi connectivity index (χ3v) is 4.02. The Bertz CT molecular complexity index is 1010. The molecule has 0 bridgehead atoms. The van der Waals surface area contributed by atoms with E-state index in [1.165, 1.54) is 6.33 Å². The topological polar surface area (TPSA) is 60.9 Å². The highest BCUT2D eigenvalue weighted by molar-refractivity contribution is 6.31. The summed E-state index contributed by atoms with van der Waals surface area (Å²) in [5.74, 6) is 0.131. The molecule has 0 amide bonds. The van der Waals surface area contributed by atoms with Gasteiger partial charge in [-0.1, -0.05) is 41.9 Å². The summed E-state index contributed by atoms with van der Waals surface area (Å²) < 4.78 is 7.50. The smallest absolute Gasteiger partial charge is 0.228 e. The van der Waals surface area contributed by atoms with Crippen molar-refractivity contribution in [3.63, 3.8) is 0 Å². The summed E-state index contributed by atoms with van der Waals surface area (Å²) in [6.07, 6.45) is 3.05. The molecule has 0 fully saturated rings. The average molecular weight is 338 g/mol. The van der Waals surface area contributed by atoms with Crippen molar-refractivity contribution >= 4 is 28.4 Å². The lowest BCUT2D eigenvalue weighted by Gasteiger charge is -2.03. The molecule has 0 unspecified atom stereocenters. The maximum Gasteiger partial charge on any atom is 0.228 e. The summed E-state index contributed by atoms with van der Waals surface area (Å²) in [5, 5.41) is 5.50. The Hall–Kier alpha value is -2.92. The molecule has 4 rings (SSSR count). The molecular weight excluding hydrogens is 326 g/mol. The van der Waals surface area contributed by atoms with Gasteiger partial charge in [0.2, 0.25) is 5.78 Å². The van der Waals surface area contributed by atoms with Crippen molar-refractivity contribution in [3.05, 3.63) is 83.1 Å². The summed E-state index contributed by atoms with van der Waals surface area (Å²) in [4.78, 5) is 16.8. The number of hydrogen-bond donors (Lipinski definition) is 0. The van der Waals surface area contributed by atoms with E-state index < -0.39 is 0 Å². The minimum atomic E-state index is -0.168. The fraction of sp³-hybridized carbons (Fsp3) is 0.0556. The molecule has 2 aromatic heterocycles. The van der Waals surface area contributed by atoms with Crippen molar-refractivity contribution in [2.24, 2.45) is 0 Å². The first-order valence-electron chi connectivity index (χ1n) is 7.35. The molecule has 0 aliphatic heterocycles. The van der Waals surface area contributed by atoms with Gasteiger partial charge in [0.25, 0.3) is 0 Å². The van der Waals surface area contributed by atoms with Crippen molar-refractivity contribution in [1.29, 1.82) is 0 Å². The first-order chi connectivity index (χ1) is 11.7. The van der Waals surface area contributed by atoms with Crippen LogP contribution in [-0.2, 0) is 6.54 Å². The summed E-state index contributed by atoms with van der Waals surface area (Å²) in [6.45, 7) is 0.376. The lowest BCUT2D eigenvalue weighted by atomic mass is 10.0. The highest BCUT2D eigenvalue weighted by atomic mass is 35.5. The van der Waals surface area contributed by atoms with Crippen LogP contribution in [0.1, 0.15) is 21.7 Å². The van der Waals surface area contributed by atoms with Crippen LogP contribution in [0.3, 0.4) is 0 Å². The SMILES string of the molecule is O=C(c1ccccc1)c1oc2ccc(Cl)cc2c1Cn1cncn1. The van der Waals surface area contributed by atoms with E-state index in [1.54, 1.807) is 41.3 Å². The molecule has 0 saturated heterocycles. The second-order valence-corrected chi connectivity index (χ2v) is 5.77. The number of ketones is 1. The van der Waals surface area contributed by atoms with E-state index in [9.17, 15) is 4.79 Å². The normalized spacial score (nSPS) is 11.0. The molecule has 0 N–H and O–H groups in total. The third kappa shape index (κ3) is 2.59. The number of carbonyl (C=O) groups excluding carboxylic acids is 1. The molecule has 0 aliphatic rings. The number of hydrogen-bond acceptors (Lipinski definition) is 4. The van der Waals surface area contributed by atoms with Crippen LogP contribution in [0, 0.1) is 0 Å². The van der Waals surface area contributed by atoms with E-state index >= 15 is 0 Å². The second kappa shape index (κ2) is 5.94. The summed E-state index contributed by atoms with van der Waals surface area (Å²) in [7, 11) is 0. The maximum absolute atomic E-state index is 12.9. The maximum atomic E-state index is 12.9. The number of furan rings is 1. The zero-order valence-corrected chi connectivity index (χ0v) is 13.3. The Kier molecular flexibility index (Phi) is 3.63. The number of aromatic nitrogens is 3. The van der Waals surface area contributed by atoms with Gasteiger partial charge in [0.15, 0.2) is 5.76 Å². The molecule has 4 aromatic rings. The molecule has 2 aromatic carbocycles. The van der Waals surface area contributed by atoms with Crippen LogP contribution >= 0.6 is 11.6 Å². The molecule has 6 heteroatoms. The predicted octanol–water partition coefficient (Wildman–Crippen LogP) is 3.96. The second-order valence-electron chi connectivity index (χ2n) is 5.34. The fourth-order valence-electron chi connectivity index (χ4n) is 2.66. The minimum Gasteiger partial charge on any atom is -0.452 e. The van der Waals surface area contributed by atoms with Gasteiger partial charge in [-0.2, -0.15) is 5.10 Å². The van der Waals surface area contributed by atoms with E-state index in [2.05, 4.69) is 10.1 Å². The summed E-state index contributed by atoms with van der Waals surface area (Å²) >= 11 is 6.12. The Morgan fingerprint density at radius 3 is 2.75 bits per heavy atom. The van der Waals surface area contributed by atoms with Crippen LogP contribution in [0.25, 0.3) is 11.0 Å². The van der Waals surface area contributed by atoms with Crippen LogP contribution in [0.15, 0.2) is 65.6 Å². The van der Waals surface area contributed by atoms with Crippen LogP contribution in [-0.4, -0.2) is 20.5 Å². The van der Waals surface area contributed by atoms with Crippen molar-refractivity contribution in [1.82, 2.24) is 14.8 Å². The van der Waals surface area contributed by atoms with Crippen molar-refractivity contribution in [2.45, 2.75) is 6.54 Å². The Balaban J connectivity index is 1.89. The van der Waals surface area contributed by atoms with Gasteiger partial charge < -0.3 is 4.42 Å². The van der Waals surface area contributed by atoms with Gasteiger partial charge in [0.05, 0.1) is 6.54 Å². The quantitative estimate of drug-likeness (QED) is 0.529.